The average molecular weight is 1410 g/mol. The minimum absolute atomic E-state index is 0.0106. The monoisotopic (exact) mass is 1410 g/mol. The average Bonchev–Trinajstić information content (AvgIpc) is 0.770. The summed E-state index contributed by atoms with van der Waals surface area (Å²) in [5, 5.41) is 0. The predicted molar refractivity (Wildman–Crippen MR) is 387 cm³/mol. The largest absolute Gasteiger partial charge is 0.493 e. The van der Waals surface area contributed by atoms with Crippen molar-refractivity contribution in [2.24, 2.45) is 0 Å². The number of rotatable bonds is 46. The number of hydrogen-bond donors (Lipinski definition) is 0. The van der Waals surface area contributed by atoms with Gasteiger partial charge in [0.1, 0.15) is 23.0 Å². The molecule has 1 aliphatic carbocycles. The van der Waals surface area contributed by atoms with Crippen molar-refractivity contribution in [2.45, 2.75) is 196 Å². The lowest BCUT2D eigenvalue weighted by Gasteiger charge is -2.25. The van der Waals surface area contributed by atoms with Crippen LogP contribution in [0.15, 0.2) is 97.1 Å². The van der Waals surface area contributed by atoms with Crippen LogP contribution in [-0.4, -0.2) is 126 Å². The zero-order valence-corrected chi connectivity index (χ0v) is 61.1. The minimum Gasteiger partial charge on any atom is -0.493 e. The standard InChI is InChI=1S/C82H104O20/c1-11-15-19-27-69(83)57-43-61-51-65-47-59(71(85)29-21-17-13-3)49-67(79(65)99-39-25-41-101-81(91)55(5)6)53-63-45-58(70(84)28-20-16-12-2)46-64(78(63)98-38-24-36-96-76(90)34-32-74(88)94-10)54-68-50-60(72(86)30-22-18-14-4)48-66(80(68)100-40-26-42-102-82(92)56(7)8)52-62(44-57)77(61)97-37-23-35-95-75(89)33-31-73(87)93-9/h31-34,43-50H,5,7,11-30,35-42,51-54H2,1-4,6,8-10H3/b33-31-,34-32-. The van der Waals surface area contributed by atoms with E-state index in [9.17, 15) is 47.9 Å². The lowest BCUT2D eigenvalue weighted by molar-refractivity contribution is -0.140. The van der Waals surface area contributed by atoms with Crippen LogP contribution in [0, 0.1) is 0 Å². The number of hydrogen-bond acceptors (Lipinski definition) is 20. The van der Waals surface area contributed by atoms with Crippen LogP contribution in [0.25, 0.3) is 0 Å². The molecule has 4 aromatic carbocycles. The first-order valence-electron chi connectivity index (χ1n) is 35.9. The molecule has 0 saturated heterocycles. The molecule has 0 aromatic heterocycles. The Balaban J connectivity index is 1.98. The number of ether oxygens (including phenoxy) is 10. The summed E-state index contributed by atoms with van der Waals surface area (Å²) in [6.07, 6.45) is 14.5. The molecule has 5 rings (SSSR count). The van der Waals surface area contributed by atoms with Crippen molar-refractivity contribution in [1.82, 2.24) is 0 Å². The first-order valence-corrected chi connectivity index (χ1v) is 35.9. The van der Waals surface area contributed by atoms with Crippen LogP contribution in [-0.2, 0) is 82.9 Å². The van der Waals surface area contributed by atoms with E-state index in [1.807, 2.05) is 0 Å². The lowest BCUT2D eigenvalue weighted by atomic mass is 9.86. The molecule has 0 fully saturated rings. The molecule has 0 heterocycles. The molecule has 20 heteroatoms. The highest BCUT2D eigenvalue weighted by molar-refractivity contribution is 6.00. The third-order valence-electron chi connectivity index (χ3n) is 16.7. The van der Waals surface area contributed by atoms with E-state index in [-0.39, 0.29) is 164 Å². The third-order valence-corrected chi connectivity index (χ3v) is 16.7. The molecule has 0 aliphatic heterocycles. The molecule has 0 amide bonds. The van der Waals surface area contributed by atoms with Gasteiger partial charge in [0.25, 0.3) is 0 Å². The fraction of sp³-hybridized carbons (Fsp3) is 0.488. The first-order chi connectivity index (χ1) is 49.1. The number of fused-ring (bicyclic) bond motifs is 8. The maximum atomic E-state index is 14.9. The molecule has 8 bridgehead atoms. The quantitative estimate of drug-likeness (QED) is 0.0115. The van der Waals surface area contributed by atoms with Gasteiger partial charge in [-0.1, -0.05) is 92.2 Å². The second kappa shape index (κ2) is 45.4. The summed E-state index contributed by atoms with van der Waals surface area (Å²) < 4.78 is 59.1. The number of unbranched alkanes of at least 4 members (excludes halogenated alkanes) is 8. The Morgan fingerprint density at radius 2 is 0.529 bits per heavy atom. The Kier molecular flexibility index (Phi) is 37.0. The number of benzene rings is 4. The normalized spacial score (nSPS) is 11.7. The van der Waals surface area contributed by atoms with Crippen LogP contribution in [0.3, 0.4) is 0 Å². The Labute approximate surface area is 601 Å². The molecule has 1 aliphatic rings. The fourth-order valence-corrected chi connectivity index (χ4v) is 11.4. The smallest absolute Gasteiger partial charge is 0.333 e. The number of carbonyl (C=O) groups is 10. The second-order valence-corrected chi connectivity index (χ2v) is 25.4. The maximum Gasteiger partial charge on any atom is 0.333 e. The summed E-state index contributed by atoms with van der Waals surface area (Å²) in [6, 6.07) is 14.4. The summed E-state index contributed by atoms with van der Waals surface area (Å²) in [6.45, 7) is 18.4. The summed E-state index contributed by atoms with van der Waals surface area (Å²) >= 11 is 0. The van der Waals surface area contributed by atoms with Crippen molar-refractivity contribution >= 4 is 58.9 Å². The summed E-state index contributed by atoms with van der Waals surface area (Å²) in [4.78, 5) is 134. The van der Waals surface area contributed by atoms with Crippen LogP contribution in [0.4, 0.5) is 0 Å². The second-order valence-electron chi connectivity index (χ2n) is 25.4. The SMILES string of the molecule is C=C(C)C(=O)OCCCOc1c2cc(C(=O)CCCCC)cc1Cc1cc(C(=O)CCCCC)cc(c1OCCCOC(=O)/C=C\C(=O)OC)Cc1cc(C(=O)CCCCC)cc(c1OCCCOC(=O)C(=C)C)Cc1cc(C(=O)CCCCC)cc(c1OCCCOC(=O)/C=C\C(=O)OC)C2. The number of carbonyl (C=O) groups excluding carboxylic acids is 10. The van der Waals surface area contributed by atoms with Gasteiger partial charge in [0.15, 0.2) is 23.1 Å². The molecule has 20 nitrogen and oxygen atoms in total. The summed E-state index contributed by atoms with van der Waals surface area (Å²) in [5.74, 6) is -3.33. The molecule has 4 aromatic rings. The van der Waals surface area contributed by atoms with E-state index in [0.717, 1.165) is 75.7 Å². The number of esters is 6. The van der Waals surface area contributed by atoms with Gasteiger partial charge in [-0.15, -0.1) is 0 Å². The molecule has 102 heavy (non-hydrogen) atoms. The maximum absolute atomic E-state index is 14.9. The van der Waals surface area contributed by atoms with Crippen LogP contribution < -0.4 is 18.9 Å². The summed E-state index contributed by atoms with van der Waals surface area (Å²) in [7, 11) is 2.37. The van der Waals surface area contributed by atoms with Crippen molar-refractivity contribution in [3.8, 4) is 23.0 Å². The predicted octanol–water partition coefficient (Wildman–Crippen LogP) is 15.3. The molecule has 0 unspecified atom stereocenters. The zero-order chi connectivity index (χ0) is 74.3. The third kappa shape index (κ3) is 28.2. The highest BCUT2D eigenvalue weighted by Crippen LogP contribution is 2.42. The van der Waals surface area contributed by atoms with E-state index in [4.69, 9.17) is 37.9 Å². The van der Waals surface area contributed by atoms with Gasteiger partial charge in [0.05, 0.1) is 67.1 Å². The van der Waals surface area contributed by atoms with E-state index in [0.29, 0.717) is 115 Å². The van der Waals surface area contributed by atoms with Gasteiger partial charge in [-0.05, 0) is 133 Å². The van der Waals surface area contributed by atoms with Gasteiger partial charge in [0, 0.05) is 135 Å². The zero-order valence-electron chi connectivity index (χ0n) is 61.1. The van der Waals surface area contributed by atoms with E-state index < -0.39 is 35.8 Å². The van der Waals surface area contributed by atoms with Crippen molar-refractivity contribution in [3.05, 3.63) is 164 Å². The van der Waals surface area contributed by atoms with Crippen molar-refractivity contribution in [2.75, 3.05) is 67.1 Å². The first kappa shape index (κ1) is 83.2. The van der Waals surface area contributed by atoms with Gasteiger partial charge in [-0.2, -0.15) is 0 Å². The van der Waals surface area contributed by atoms with E-state index in [2.05, 4.69) is 50.3 Å². The van der Waals surface area contributed by atoms with Gasteiger partial charge >= 0.3 is 35.8 Å². The van der Waals surface area contributed by atoms with Gasteiger partial charge in [-0.25, -0.2) is 28.8 Å². The van der Waals surface area contributed by atoms with Crippen LogP contribution in [0.1, 0.15) is 256 Å². The van der Waals surface area contributed by atoms with Gasteiger partial charge in [0.2, 0.25) is 0 Å². The van der Waals surface area contributed by atoms with Crippen LogP contribution >= 0.6 is 0 Å². The Bertz CT molecular complexity index is 3310. The number of Topliss-reactive ketones (excluding diaryl/α,β-unsaturated/α-hetero) is 4. The van der Waals surface area contributed by atoms with Gasteiger partial charge < -0.3 is 47.4 Å². The highest BCUT2D eigenvalue weighted by atomic mass is 16.6. The number of methoxy groups -OCH3 is 2. The molecule has 0 spiro atoms. The Hall–Kier alpha value is -9.46. The van der Waals surface area contributed by atoms with Crippen LogP contribution in [0.2, 0.25) is 0 Å². The molecule has 0 radical (unpaired) electrons. The molecule has 0 saturated carbocycles. The Morgan fingerprint density at radius 3 is 0.735 bits per heavy atom. The fourth-order valence-electron chi connectivity index (χ4n) is 11.4. The van der Waals surface area contributed by atoms with Crippen molar-refractivity contribution in [3.63, 3.8) is 0 Å². The van der Waals surface area contributed by atoms with E-state index in [1.54, 1.807) is 62.4 Å². The molecular formula is C82H104O20. The van der Waals surface area contributed by atoms with Crippen molar-refractivity contribution < 1.29 is 95.3 Å². The topological polar surface area (TPSA) is 263 Å². The molecule has 0 atom stereocenters. The van der Waals surface area contributed by atoms with Crippen LogP contribution in [0.5, 0.6) is 23.0 Å². The molecular weight excluding hydrogens is 1300 g/mol. The van der Waals surface area contributed by atoms with Crippen molar-refractivity contribution in [1.29, 1.82) is 0 Å². The molecule has 0 N–H and O–H groups in total. The van der Waals surface area contributed by atoms with E-state index in [1.165, 1.54) is 14.2 Å². The molecule has 552 valence electrons. The highest BCUT2D eigenvalue weighted by Gasteiger charge is 2.28. The Morgan fingerprint density at radius 1 is 0.314 bits per heavy atom. The number of ketones is 4. The van der Waals surface area contributed by atoms with E-state index >= 15 is 0 Å². The minimum atomic E-state index is -0.783. The summed E-state index contributed by atoms with van der Waals surface area (Å²) in [5.41, 5.74) is 6.07. The van der Waals surface area contributed by atoms with Gasteiger partial charge in [-0.3, -0.25) is 19.2 Å². The lowest BCUT2D eigenvalue weighted by Crippen LogP contribution is -2.15.